The predicted molar refractivity (Wildman–Crippen MR) is 118 cm³/mol. The number of hydrogen-bond donors (Lipinski definition) is 2. The zero-order chi connectivity index (χ0) is 24.2. The first-order chi connectivity index (χ1) is 15.6. The van der Waals surface area contributed by atoms with Gasteiger partial charge in [0.15, 0.2) is 0 Å². The number of imide groups is 1. The number of nitrogens with one attached hydrogen (secondary N) is 2. The molecule has 4 amide bonds. The molecule has 33 heavy (non-hydrogen) atoms. The van der Waals surface area contributed by atoms with Crippen molar-refractivity contribution in [2.45, 2.75) is 45.3 Å². The maximum absolute atomic E-state index is 13.0. The lowest BCUT2D eigenvalue weighted by Gasteiger charge is -2.22. The molecule has 1 unspecified atom stereocenters. The van der Waals surface area contributed by atoms with Crippen molar-refractivity contribution in [2.75, 3.05) is 13.1 Å². The van der Waals surface area contributed by atoms with E-state index < -0.39 is 36.5 Å². The zero-order valence-electron chi connectivity index (χ0n) is 18.7. The average Bonchev–Trinajstić information content (AvgIpc) is 2.98. The molecule has 1 atom stereocenters. The quantitative estimate of drug-likeness (QED) is 0.562. The van der Waals surface area contributed by atoms with Gasteiger partial charge in [0, 0.05) is 6.54 Å². The van der Waals surface area contributed by atoms with Gasteiger partial charge >= 0.3 is 12.6 Å². The van der Waals surface area contributed by atoms with Crippen LogP contribution in [0.2, 0.25) is 0 Å². The molecule has 2 aromatic carbocycles. The Bertz CT molecular complexity index is 1010. The summed E-state index contributed by atoms with van der Waals surface area (Å²) in [5, 5.41) is 5.36. The van der Waals surface area contributed by atoms with Crippen molar-refractivity contribution >= 4 is 17.8 Å². The molecule has 0 radical (unpaired) electrons. The molecule has 2 aromatic rings. The van der Waals surface area contributed by atoms with Crippen LogP contribution in [-0.2, 0) is 21.5 Å². The molecule has 9 heteroatoms. The summed E-state index contributed by atoms with van der Waals surface area (Å²) in [7, 11) is 0. The zero-order valence-corrected chi connectivity index (χ0v) is 18.7. The summed E-state index contributed by atoms with van der Waals surface area (Å²) < 4.78 is 28.7. The van der Waals surface area contributed by atoms with Crippen LogP contribution in [0.25, 0.3) is 0 Å². The van der Waals surface area contributed by atoms with Crippen LogP contribution in [0.3, 0.4) is 0 Å². The fourth-order valence-electron chi connectivity index (χ4n) is 3.62. The predicted octanol–water partition coefficient (Wildman–Crippen LogP) is 3.54. The molecule has 1 saturated heterocycles. The Hall–Kier alpha value is -3.49. The number of benzene rings is 2. The highest BCUT2D eigenvalue weighted by Crippen LogP contribution is 2.29. The van der Waals surface area contributed by atoms with E-state index in [4.69, 9.17) is 0 Å². The minimum atomic E-state index is -2.89. The van der Waals surface area contributed by atoms with Crippen LogP contribution < -0.4 is 15.4 Å². The lowest BCUT2D eigenvalue weighted by Crippen LogP contribution is -2.43. The van der Waals surface area contributed by atoms with E-state index in [0.29, 0.717) is 17.9 Å². The van der Waals surface area contributed by atoms with Crippen molar-refractivity contribution in [1.29, 1.82) is 0 Å². The van der Waals surface area contributed by atoms with Gasteiger partial charge in [-0.25, -0.2) is 4.79 Å². The lowest BCUT2D eigenvalue weighted by atomic mass is 9.90. The summed E-state index contributed by atoms with van der Waals surface area (Å²) in [6.45, 7) is 2.72. The first kappa shape index (κ1) is 24.2. The van der Waals surface area contributed by atoms with E-state index in [-0.39, 0.29) is 12.3 Å². The Balaban J connectivity index is 1.54. The molecule has 3 rings (SSSR count). The van der Waals surface area contributed by atoms with Crippen LogP contribution in [0, 0.1) is 0 Å². The van der Waals surface area contributed by atoms with E-state index in [9.17, 15) is 23.2 Å². The third-order valence-electron chi connectivity index (χ3n) is 5.62. The van der Waals surface area contributed by atoms with Gasteiger partial charge in [-0.05, 0) is 48.1 Å². The largest absolute Gasteiger partial charge is 0.435 e. The number of hydrogen-bond acceptors (Lipinski definition) is 4. The summed E-state index contributed by atoms with van der Waals surface area (Å²) >= 11 is 0. The topological polar surface area (TPSA) is 87.7 Å². The molecule has 2 N–H and O–H groups in total. The molecule has 1 heterocycles. The molecule has 176 valence electrons. The van der Waals surface area contributed by atoms with Gasteiger partial charge in [0.1, 0.15) is 17.8 Å². The highest BCUT2D eigenvalue weighted by molar-refractivity contribution is 6.09. The Morgan fingerprint density at radius 3 is 2.30 bits per heavy atom. The van der Waals surface area contributed by atoms with Crippen molar-refractivity contribution in [1.82, 2.24) is 15.5 Å². The van der Waals surface area contributed by atoms with Gasteiger partial charge in [0.05, 0.1) is 0 Å². The van der Waals surface area contributed by atoms with Crippen LogP contribution in [0.5, 0.6) is 5.75 Å². The van der Waals surface area contributed by atoms with Crippen molar-refractivity contribution in [3.63, 3.8) is 0 Å². The monoisotopic (exact) mass is 459 g/mol. The number of carbonyl (C=O) groups is 3. The summed E-state index contributed by atoms with van der Waals surface area (Å²) in [6.07, 6.45) is 0.445. The second-order valence-corrected chi connectivity index (χ2v) is 8.35. The summed E-state index contributed by atoms with van der Waals surface area (Å²) in [5.41, 5.74) is 1.33. The standard InChI is InChI=1S/C24H27F2N3O4/c1-15(2)17-6-8-18(9-7-17)24(3)21(31)29(23(32)28-24)14-20(30)27-13-12-16-4-10-19(11-5-16)33-22(25)26/h4-11,15,22H,12-14H2,1-3H3,(H,27,30)(H,28,32). The summed E-state index contributed by atoms with van der Waals surface area (Å²) in [5.74, 6) is -0.576. The Kier molecular flexibility index (Phi) is 7.30. The van der Waals surface area contributed by atoms with Crippen LogP contribution >= 0.6 is 0 Å². The second-order valence-electron chi connectivity index (χ2n) is 8.35. The van der Waals surface area contributed by atoms with Gasteiger partial charge < -0.3 is 15.4 Å². The van der Waals surface area contributed by atoms with Gasteiger partial charge in [0.25, 0.3) is 5.91 Å². The van der Waals surface area contributed by atoms with Crippen molar-refractivity contribution in [2.24, 2.45) is 0 Å². The molecule has 0 saturated carbocycles. The Morgan fingerprint density at radius 2 is 1.73 bits per heavy atom. The van der Waals surface area contributed by atoms with E-state index in [0.717, 1.165) is 16.0 Å². The first-order valence-electron chi connectivity index (χ1n) is 10.6. The van der Waals surface area contributed by atoms with E-state index in [1.165, 1.54) is 12.1 Å². The number of rotatable bonds is 9. The number of urea groups is 1. The number of alkyl halides is 2. The van der Waals surface area contributed by atoms with Gasteiger partial charge in [-0.2, -0.15) is 8.78 Å². The SMILES string of the molecule is CC(C)c1ccc(C2(C)NC(=O)N(CC(=O)NCCc3ccc(OC(F)F)cc3)C2=O)cc1. The molecule has 1 fully saturated rings. The summed E-state index contributed by atoms with van der Waals surface area (Å²) in [6, 6.07) is 12.9. The number of amides is 4. The third kappa shape index (κ3) is 5.66. The minimum Gasteiger partial charge on any atom is -0.435 e. The minimum absolute atomic E-state index is 0.0539. The number of nitrogens with zero attached hydrogens (tertiary/aromatic N) is 1. The maximum Gasteiger partial charge on any atom is 0.387 e. The molecular formula is C24H27F2N3O4. The molecule has 7 nitrogen and oxygen atoms in total. The number of halogens is 2. The average molecular weight is 459 g/mol. The van der Waals surface area contributed by atoms with E-state index in [1.54, 1.807) is 19.1 Å². The number of ether oxygens (including phenoxy) is 1. The lowest BCUT2D eigenvalue weighted by molar-refractivity contribution is -0.134. The highest BCUT2D eigenvalue weighted by atomic mass is 19.3. The highest BCUT2D eigenvalue weighted by Gasteiger charge is 2.49. The van der Waals surface area contributed by atoms with Gasteiger partial charge in [-0.1, -0.05) is 50.2 Å². The van der Waals surface area contributed by atoms with Crippen molar-refractivity contribution in [3.05, 3.63) is 65.2 Å². The molecular weight excluding hydrogens is 432 g/mol. The fraction of sp³-hybridized carbons (Fsp3) is 0.375. The normalized spacial score (nSPS) is 18.1. The van der Waals surface area contributed by atoms with Gasteiger partial charge in [-0.15, -0.1) is 0 Å². The molecule has 0 aromatic heterocycles. The molecule has 1 aliphatic rings. The maximum atomic E-state index is 13.0. The molecule has 0 aliphatic carbocycles. The first-order valence-corrected chi connectivity index (χ1v) is 10.6. The smallest absolute Gasteiger partial charge is 0.387 e. The van der Waals surface area contributed by atoms with Gasteiger partial charge in [-0.3, -0.25) is 14.5 Å². The van der Waals surface area contributed by atoms with Crippen molar-refractivity contribution in [3.8, 4) is 5.75 Å². The van der Waals surface area contributed by atoms with Crippen molar-refractivity contribution < 1.29 is 27.9 Å². The van der Waals surface area contributed by atoms with Crippen LogP contribution in [-0.4, -0.2) is 42.4 Å². The Morgan fingerprint density at radius 1 is 1.09 bits per heavy atom. The van der Waals surface area contributed by atoms with E-state index in [2.05, 4.69) is 29.2 Å². The van der Waals surface area contributed by atoms with Crippen LogP contribution in [0.4, 0.5) is 13.6 Å². The van der Waals surface area contributed by atoms with Gasteiger partial charge in [0.2, 0.25) is 5.91 Å². The third-order valence-corrected chi connectivity index (χ3v) is 5.62. The molecule has 1 aliphatic heterocycles. The second kappa shape index (κ2) is 9.97. The van der Waals surface area contributed by atoms with E-state index >= 15 is 0 Å². The molecule has 0 bridgehead atoms. The van der Waals surface area contributed by atoms with Crippen LogP contribution in [0.15, 0.2) is 48.5 Å². The Labute approximate surface area is 191 Å². The van der Waals surface area contributed by atoms with E-state index in [1.807, 2.05) is 24.3 Å². The number of carbonyl (C=O) groups excluding carboxylic acids is 3. The van der Waals surface area contributed by atoms with Crippen LogP contribution in [0.1, 0.15) is 43.4 Å². The summed E-state index contributed by atoms with van der Waals surface area (Å²) in [4.78, 5) is 38.7. The molecule has 0 spiro atoms. The fourth-order valence-corrected chi connectivity index (χ4v) is 3.62.